The molecule has 0 saturated carbocycles. The first-order chi connectivity index (χ1) is 8.51. The zero-order valence-electron chi connectivity index (χ0n) is 11.1. The van der Waals surface area contributed by atoms with Crippen LogP contribution in [0.5, 0.6) is 0 Å². The summed E-state index contributed by atoms with van der Waals surface area (Å²) >= 11 is 0. The molecule has 5 nitrogen and oxygen atoms in total. The van der Waals surface area contributed by atoms with Crippen LogP contribution in [0.3, 0.4) is 0 Å². The molecule has 0 radical (unpaired) electrons. The van der Waals surface area contributed by atoms with Crippen LogP contribution >= 0.6 is 0 Å². The van der Waals surface area contributed by atoms with E-state index in [2.05, 4.69) is 15.0 Å². The fraction of sp³-hybridized carbons (Fsp3) is 0.583. The van der Waals surface area contributed by atoms with Crippen molar-refractivity contribution in [2.45, 2.75) is 32.1 Å². The molecule has 0 bridgehead atoms. The third-order valence-corrected chi connectivity index (χ3v) is 4.18. The molecule has 0 aliphatic heterocycles. The second kappa shape index (κ2) is 6.70. The van der Waals surface area contributed by atoms with Crippen LogP contribution in [0.4, 0.5) is 5.82 Å². The maximum absolute atomic E-state index is 12.2. The Kier molecular flexibility index (Phi) is 5.55. The molecule has 102 valence electrons. The number of anilines is 1. The Labute approximate surface area is 109 Å². The molecule has 0 aromatic carbocycles. The minimum atomic E-state index is -3.49. The number of hydrogen-bond donors (Lipinski definition) is 2. The van der Waals surface area contributed by atoms with Gasteiger partial charge >= 0.3 is 0 Å². The normalized spacial score (nSPS) is 13.3. The fourth-order valence-corrected chi connectivity index (χ4v) is 2.68. The predicted octanol–water partition coefficient (Wildman–Crippen LogP) is 1.84. The van der Waals surface area contributed by atoms with Crippen molar-refractivity contribution in [2.75, 3.05) is 18.4 Å². The van der Waals surface area contributed by atoms with Gasteiger partial charge in [-0.25, -0.2) is 18.1 Å². The summed E-state index contributed by atoms with van der Waals surface area (Å²) in [7, 11) is -3.49. The van der Waals surface area contributed by atoms with E-state index in [0.29, 0.717) is 24.8 Å². The number of sulfonamides is 1. The Morgan fingerprint density at radius 2 is 2.11 bits per heavy atom. The van der Waals surface area contributed by atoms with Crippen LogP contribution < -0.4 is 10.0 Å². The average molecular weight is 271 g/mol. The quantitative estimate of drug-likeness (QED) is 0.794. The molecular weight excluding hydrogens is 250 g/mol. The molecule has 2 N–H and O–H groups in total. The van der Waals surface area contributed by atoms with Gasteiger partial charge in [0.2, 0.25) is 10.0 Å². The van der Waals surface area contributed by atoms with Crippen LogP contribution in [0, 0.1) is 5.92 Å². The largest absolute Gasteiger partial charge is 0.369 e. The van der Waals surface area contributed by atoms with Crippen LogP contribution in [-0.4, -0.2) is 26.5 Å². The van der Waals surface area contributed by atoms with E-state index in [-0.39, 0.29) is 4.90 Å². The van der Waals surface area contributed by atoms with Crippen molar-refractivity contribution in [2.24, 2.45) is 5.92 Å². The Morgan fingerprint density at radius 3 is 2.72 bits per heavy atom. The molecule has 1 aromatic rings. The minimum absolute atomic E-state index is 0.204. The van der Waals surface area contributed by atoms with Gasteiger partial charge in [-0.3, -0.25) is 0 Å². The number of nitrogens with one attached hydrogen (secondary N) is 2. The Hall–Kier alpha value is -1.14. The molecule has 1 atom stereocenters. The number of hydrogen-bond acceptors (Lipinski definition) is 4. The highest BCUT2D eigenvalue weighted by Crippen LogP contribution is 2.17. The van der Waals surface area contributed by atoms with E-state index in [1.807, 2.05) is 20.8 Å². The van der Waals surface area contributed by atoms with Crippen LogP contribution in [0.15, 0.2) is 23.2 Å². The first-order valence-corrected chi connectivity index (χ1v) is 7.68. The Bertz CT molecular complexity index is 474. The molecule has 0 spiro atoms. The van der Waals surface area contributed by atoms with Gasteiger partial charge in [-0.2, -0.15) is 0 Å². The van der Waals surface area contributed by atoms with E-state index in [1.54, 1.807) is 18.3 Å². The Balaban J connectivity index is 2.90. The fourth-order valence-electron chi connectivity index (χ4n) is 1.38. The van der Waals surface area contributed by atoms with Gasteiger partial charge in [0.25, 0.3) is 0 Å². The van der Waals surface area contributed by atoms with Gasteiger partial charge in [0.05, 0.1) is 0 Å². The Morgan fingerprint density at radius 1 is 1.39 bits per heavy atom. The summed E-state index contributed by atoms with van der Waals surface area (Å²) < 4.78 is 26.9. The standard InChI is InChI=1S/C12H21N3O2S/c1-4-10(3)9-15-18(16,17)11-7-6-8-14-12(11)13-5-2/h6-8,10,15H,4-5,9H2,1-3H3,(H,13,14). The number of aromatic nitrogens is 1. The lowest BCUT2D eigenvalue weighted by Crippen LogP contribution is -2.29. The summed E-state index contributed by atoms with van der Waals surface area (Å²) in [6.07, 6.45) is 2.52. The van der Waals surface area contributed by atoms with Gasteiger partial charge in [-0.1, -0.05) is 20.3 Å². The number of rotatable bonds is 7. The van der Waals surface area contributed by atoms with Gasteiger partial charge in [-0.05, 0) is 25.0 Å². The zero-order chi connectivity index (χ0) is 13.6. The topological polar surface area (TPSA) is 71.1 Å². The molecule has 0 aliphatic carbocycles. The zero-order valence-corrected chi connectivity index (χ0v) is 11.9. The van der Waals surface area contributed by atoms with E-state index in [4.69, 9.17) is 0 Å². The molecule has 0 saturated heterocycles. The summed E-state index contributed by atoms with van der Waals surface area (Å²) in [4.78, 5) is 4.26. The van der Waals surface area contributed by atoms with Crippen molar-refractivity contribution >= 4 is 15.8 Å². The SMILES string of the molecule is CCNc1ncccc1S(=O)(=O)NCC(C)CC. The summed E-state index contributed by atoms with van der Waals surface area (Å²) in [6, 6.07) is 3.18. The lowest BCUT2D eigenvalue weighted by molar-refractivity contribution is 0.528. The van der Waals surface area contributed by atoms with Crippen LogP contribution in [-0.2, 0) is 10.0 Å². The highest BCUT2D eigenvalue weighted by molar-refractivity contribution is 7.89. The molecule has 1 aromatic heterocycles. The molecule has 0 aliphatic rings. The second-order valence-corrected chi connectivity index (χ2v) is 5.98. The van der Waals surface area contributed by atoms with Crippen molar-refractivity contribution in [1.29, 1.82) is 0 Å². The first-order valence-electron chi connectivity index (χ1n) is 6.19. The molecule has 0 fully saturated rings. The van der Waals surface area contributed by atoms with Crippen LogP contribution in [0.25, 0.3) is 0 Å². The lowest BCUT2D eigenvalue weighted by Gasteiger charge is -2.13. The highest BCUT2D eigenvalue weighted by atomic mass is 32.2. The molecule has 1 rings (SSSR count). The highest BCUT2D eigenvalue weighted by Gasteiger charge is 2.19. The monoisotopic (exact) mass is 271 g/mol. The van der Waals surface area contributed by atoms with Gasteiger partial charge in [0.1, 0.15) is 10.7 Å². The van der Waals surface area contributed by atoms with Gasteiger partial charge in [-0.15, -0.1) is 0 Å². The minimum Gasteiger partial charge on any atom is -0.369 e. The molecular formula is C12H21N3O2S. The summed E-state index contributed by atoms with van der Waals surface area (Å²) in [5.41, 5.74) is 0. The van der Waals surface area contributed by atoms with E-state index in [9.17, 15) is 8.42 Å². The van der Waals surface area contributed by atoms with Crippen molar-refractivity contribution in [3.63, 3.8) is 0 Å². The smallest absolute Gasteiger partial charge is 0.244 e. The molecule has 18 heavy (non-hydrogen) atoms. The summed E-state index contributed by atoms with van der Waals surface area (Å²) in [5, 5.41) is 2.95. The molecule has 1 unspecified atom stereocenters. The van der Waals surface area contributed by atoms with Gasteiger partial charge in [0.15, 0.2) is 0 Å². The second-order valence-electron chi connectivity index (χ2n) is 4.25. The van der Waals surface area contributed by atoms with Crippen molar-refractivity contribution in [1.82, 2.24) is 9.71 Å². The van der Waals surface area contributed by atoms with E-state index in [1.165, 1.54) is 0 Å². The van der Waals surface area contributed by atoms with Gasteiger partial charge < -0.3 is 5.32 Å². The maximum Gasteiger partial charge on any atom is 0.244 e. The van der Waals surface area contributed by atoms with E-state index < -0.39 is 10.0 Å². The number of pyridine rings is 1. The van der Waals surface area contributed by atoms with Crippen LogP contribution in [0.1, 0.15) is 27.2 Å². The van der Waals surface area contributed by atoms with E-state index >= 15 is 0 Å². The lowest BCUT2D eigenvalue weighted by atomic mass is 10.1. The van der Waals surface area contributed by atoms with Crippen molar-refractivity contribution in [3.05, 3.63) is 18.3 Å². The third-order valence-electron chi connectivity index (χ3n) is 2.72. The average Bonchev–Trinajstić information content (AvgIpc) is 2.37. The first kappa shape index (κ1) is 14.9. The third kappa shape index (κ3) is 3.96. The predicted molar refractivity (Wildman–Crippen MR) is 73.0 cm³/mol. The summed E-state index contributed by atoms with van der Waals surface area (Å²) in [6.45, 7) is 7.02. The van der Waals surface area contributed by atoms with Crippen molar-refractivity contribution < 1.29 is 8.42 Å². The molecule has 0 amide bonds. The molecule has 6 heteroatoms. The summed E-state index contributed by atoms with van der Waals surface area (Å²) in [5.74, 6) is 0.718. The molecule has 1 heterocycles. The number of nitrogens with zero attached hydrogens (tertiary/aromatic N) is 1. The maximum atomic E-state index is 12.2. The van der Waals surface area contributed by atoms with Gasteiger partial charge in [0, 0.05) is 19.3 Å². The van der Waals surface area contributed by atoms with E-state index in [0.717, 1.165) is 6.42 Å². The van der Waals surface area contributed by atoms with Crippen molar-refractivity contribution in [3.8, 4) is 0 Å². The van der Waals surface area contributed by atoms with Crippen LogP contribution in [0.2, 0.25) is 0 Å².